The van der Waals surface area contributed by atoms with Gasteiger partial charge in [-0.3, -0.25) is 9.78 Å². The summed E-state index contributed by atoms with van der Waals surface area (Å²) in [5.74, 6) is -0.218. The summed E-state index contributed by atoms with van der Waals surface area (Å²) in [5, 5.41) is 17.7. The van der Waals surface area contributed by atoms with Crippen molar-refractivity contribution in [2.75, 3.05) is 5.32 Å². The number of amides is 1. The number of alkyl halides is 3. The largest absolute Gasteiger partial charge is 0.416 e. The van der Waals surface area contributed by atoms with Gasteiger partial charge in [-0.05, 0) is 49.9 Å². The van der Waals surface area contributed by atoms with Crippen LogP contribution in [0.2, 0.25) is 0 Å². The molecule has 0 saturated heterocycles. The highest BCUT2D eigenvalue weighted by atomic mass is 19.4. The lowest BCUT2D eigenvalue weighted by Crippen LogP contribution is -2.29. The monoisotopic (exact) mass is 418 g/mol. The number of aromatic nitrogens is 3. The fourth-order valence-electron chi connectivity index (χ4n) is 3.69. The molecule has 0 aromatic carbocycles. The highest BCUT2D eigenvalue weighted by molar-refractivity contribution is 5.92. The van der Waals surface area contributed by atoms with Gasteiger partial charge < -0.3 is 10.4 Å². The molecule has 1 aliphatic rings. The SMILES string of the molecule is CC(O)(CC(=O)Nc1nn2ccc(C(F)(F)F)cc2c1C1CCC1)c1ccccn1. The van der Waals surface area contributed by atoms with Gasteiger partial charge in [0.2, 0.25) is 5.91 Å². The molecule has 1 atom stereocenters. The Hall–Kier alpha value is -2.94. The summed E-state index contributed by atoms with van der Waals surface area (Å²) in [6.45, 7) is 1.49. The molecular formula is C21H21F3N4O2. The number of anilines is 1. The first kappa shape index (κ1) is 20.3. The summed E-state index contributed by atoms with van der Waals surface area (Å²) >= 11 is 0. The number of carbonyl (C=O) groups is 1. The van der Waals surface area contributed by atoms with Crippen molar-refractivity contribution in [1.29, 1.82) is 0 Å². The van der Waals surface area contributed by atoms with E-state index in [0.717, 1.165) is 31.4 Å². The first-order chi connectivity index (χ1) is 14.1. The summed E-state index contributed by atoms with van der Waals surface area (Å²) in [6, 6.07) is 7.07. The summed E-state index contributed by atoms with van der Waals surface area (Å²) in [5.41, 5.74) is -0.958. The van der Waals surface area contributed by atoms with Crippen LogP contribution in [0.15, 0.2) is 42.7 Å². The van der Waals surface area contributed by atoms with E-state index < -0.39 is 23.2 Å². The number of nitrogens with zero attached hydrogens (tertiary/aromatic N) is 3. The lowest BCUT2D eigenvalue weighted by atomic mass is 9.80. The van der Waals surface area contributed by atoms with Gasteiger partial charge in [0.1, 0.15) is 5.60 Å². The Bertz CT molecular complexity index is 1070. The van der Waals surface area contributed by atoms with Crippen LogP contribution in [0.3, 0.4) is 0 Å². The average molecular weight is 418 g/mol. The molecule has 2 N–H and O–H groups in total. The van der Waals surface area contributed by atoms with Crippen molar-refractivity contribution >= 4 is 17.2 Å². The minimum absolute atomic E-state index is 0.0394. The molecule has 1 fully saturated rings. The molecule has 9 heteroatoms. The second-order valence-electron chi connectivity index (χ2n) is 7.85. The number of carbonyl (C=O) groups excluding carboxylic acids is 1. The van der Waals surface area contributed by atoms with E-state index in [2.05, 4.69) is 15.4 Å². The Labute approximate surface area is 170 Å². The van der Waals surface area contributed by atoms with Gasteiger partial charge >= 0.3 is 6.18 Å². The van der Waals surface area contributed by atoms with Crippen molar-refractivity contribution in [3.63, 3.8) is 0 Å². The van der Waals surface area contributed by atoms with Gasteiger partial charge in [0.25, 0.3) is 0 Å². The molecule has 1 amide bonds. The average Bonchev–Trinajstić information content (AvgIpc) is 2.97. The Kier molecular flexibility index (Phi) is 5.01. The van der Waals surface area contributed by atoms with E-state index >= 15 is 0 Å². The van der Waals surface area contributed by atoms with Crippen LogP contribution in [0.25, 0.3) is 5.52 Å². The molecule has 158 valence electrons. The number of rotatable bonds is 5. The van der Waals surface area contributed by atoms with Gasteiger partial charge in [0, 0.05) is 18.0 Å². The summed E-state index contributed by atoms with van der Waals surface area (Å²) < 4.78 is 40.9. The third-order valence-corrected chi connectivity index (χ3v) is 5.49. The number of hydrogen-bond acceptors (Lipinski definition) is 4. The third kappa shape index (κ3) is 3.89. The predicted molar refractivity (Wildman–Crippen MR) is 104 cm³/mol. The van der Waals surface area contributed by atoms with Crippen molar-refractivity contribution in [2.45, 2.75) is 50.3 Å². The van der Waals surface area contributed by atoms with Crippen LogP contribution >= 0.6 is 0 Å². The Morgan fingerprint density at radius 1 is 1.30 bits per heavy atom. The van der Waals surface area contributed by atoms with Crippen molar-refractivity contribution in [2.24, 2.45) is 0 Å². The van der Waals surface area contributed by atoms with E-state index in [9.17, 15) is 23.1 Å². The molecule has 1 saturated carbocycles. The van der Waals surface area contributed by atoms with E-state index in [1.807, 2.05) is 0 Å². The molecule has 0 radical (unpaired) electrons. The number of aliphatic hydroxyl groups is 1. The van der Waals surface area contributed by atoms with E-state index in [4.69, 9.17) is 0 Å². The number of halogens is 3. The second kappa shape index (κ2) is 7.39. The van der Waals surface area contributed by atoms with E-state index in [-0.39, 0.29) is 18.2 Å². The summed E-state index contributed by atoms with van der Waals surface area (Å²) in [7, 11) is 0. The number of nitrogens with one attached hydrogen (secondary N) is 1. The number of fused-ring (bicyclic) bond motifs is 1. The van der Waals surface area contributed by atoms with Crippen LogP contribution in [0.1, 0.15) is 55.3 Å². The maximum absolute atomic E-state index is 13.2. The van der Waals surface area contributed by atoms with Crippen LogP contribution in [0.5, 0.6) is 0 Å². The maximum atomic E-state index is 13.2. The van der Waals surface area contributed by atoms with Gasteiger partial charge in [-0.25, -0.2) is 4.52 Å². The lowest BCUT2D eigenvalue weighted by molar-refractivity contribution is -0.137. The fraction of sp³-hybridized carbons (Fsp3) is 0.381. The van der Waals surface area contributed by atoms with Crippen LogP contribution in [-0.2, 0) is 16.6 Å². The Morgan fingerprint density at radius 2 is 2.07 bits per heavy atom. The van der Waals surface area contributed by atoms with Crippen molar-refractivity contribution in [3.8, 4) is 0 Å². The molecule has 0 spiro atoms. The molecule has 3 heterocycles. The molecular weight excluding hydrogens is 397 g/mol. The summed E-state index contributed by atoms with van der Waals surface area (Å²) in [4.78, 5) is 16.7. The molecule has 4 rings (SSSR count). The van der Waals surface area contributed by atoms with Crippen LogP contribution in [0, 0.1) is 0 Å². The van der Waals surface area contributed by atoms with Gasteiger partial charge in [-0.15, -0.1) is 5.10 Å². The summed E-state index contributed by atoms with van der Waals surface area (Å²) in [6.07, 6.45) is 0.668. The van der Waals surface area contributed by atoms with Crippen molar-refractivity contribution in [1.82, 2.24) is 14.6 Å². The molecule has 0 aliphatic heterocycles. The normalized spacial score (nSPS) is 16.8. The van der Waals surface area contributed by atoms with Gasteiger partial charge in [-0.1, -0.05) is 12.5 Å². The molecule has 3 aromatic rings. The van der Waals surface area contributed by atoms with E-state index in [0.29, 0.717) is 16.8 Å². The lowest BCUT2D eigenvalue weighted by Gasteiger charge is -2.26. The maximum Gasteiger partial charge on any atom is 0.416 e. The second-order valence-corrected chi connectivity index (χ2v) is 7.85. The Balaban J connectivity index is 1.64. The van der Waals surface area contributed by atoms with Gasteiger partial charge in [0.15, 0.2) is 5.82 Å². The first-order valence-corrected chi connectivity index (χ1v) is 9.68. The molecule has 1 unspecified atom stereocenters. The molecule has 6 nitrogen and oxygen atoms in total. The molecule has 1 aliphatic carbocycles. The number of hydrogen-bond donors (Lipinski definition) is 2. The van der Waals surface area contributed by atoms with Crippen LogP contribution in [0.4, 0.5) is 19.0 Å². The molecule has 0 bridgehead atoms. The molecule has 30 heavy (non-hydrogen) atoms. The zero-order chi connectivity index (χ0) is 21.5. The fourth-order valence-corrected chi connectivity index (χ4v) is 3.69. The van der Waals surface area contributed by atoms with Crippen LogP contribution < -0.4 is 5.32 Å². The van der Waals surface area contributed by atoms with E-state index in [1.165, 1.54) is 23.8 Å². The molecule has 3 aromatic heterocycles. The number of pyridine rings is 2. The Morgan fingerprint density at radius 3 is 2.67 bits per heavy atom. The van der Waals surface area contributed by atoms with Crippen molar-refractivity contribution < 1.29 is 23.1 Å². The topological polar surface area (TPSA) is 79.5 Å². The predicted octanol–water partition coefficient (Wildman–Crippen LogP) is 4.25. The van der Waals surface area contributed by atoms with Gasteiger partial charge in [0.05, 0.1) is 23.2 Å². The highest BCUT2D eigenvalue weighted by Gasteiger charge is 2.34. The quantitative estimate of drug-likeness (QED) is 0.649. The minimum atomic E-state index is -4.46. The zero-order valence-electron chi connectivity index (χ0n) is 16.3. The van der Waals surface area contributed by atoms with Crippen LogP contribution in [-0.4, -0.2) is 25.6 Å². The first-order valence-electron chi connectivity index (χ1n) is 9.68. The standard InChI is InChI=1S/C21H21F3N4O2/c1-20(30,16-7-2-3-9-25-16)12-17(29)26-19-18(13-5-4-6-13)15-11-14(21(22,23)24)8-10-28(15)27-19/h2-3,7-11,13,30H,4-6,12H2,1H3,(H,26,27,29). The highest BCUT2D eigenvalue weighted by Crippen LogP contribution is 2.43. The smallest absolute Gasteiger partial charge is 0.383 e. The minimum Gasteiger partial charge on any atom is -0.383 e. The third-order valence-electron chi connectivity index (χ3n) is 5.49. The van der Waals surface area contributed by atoms with E-state index in [1.54, 1.807) is 18.2 Å². The van der Waals surface area contributed by atoms with Gasteiger partial charge in [-0.2, -0.15) is 13.2 Å². The van der Waals surface area contributed by atoms with Crippen molar-refractivity contribution in [3.05, 3.63) is 59.5 Å². The zero-order valence-corrected chi connectivity index (χ0v) is 16.3.